The van der Waals surface area contributed by atoms with Crippen LogP contribution in [-0.2, 0) is 6.61 Å². The van der Waals surface area contributed by atoms with Gasteiger partial charge in [0.25, 0.3) is 0 Å². The molecule has 2 nitrogen and oxygen atoms in total. The van der Waals surface area contributed by atoms with E-state index < -0.39 is 17.5 Å². The smallest absolute Gasteiger partial charge is 0.200 e. The highest BCUT2D eigenvalue weighted by molar-refractivity contribution is 5.46. The van der Waals surface area contributed by atoms with Gasteiger partial charge in [0.15, 0.2) is 11.6 Å². The number of nitrogens with two attached hydrogens (primary N) is 1. The van der Waals surface area contributed by atoms with Crippen LogP contribution in [0.1, 0.15) is 5.56 Å². The SMILES string of the molecule is Nc1ccc(F)cc1COc1cccc(F)c1F. The van der Waals surface area contributed by atoms with Gasteiger partial charge in [-0.1, -0.05) is 6.07 Å². The Morgan fingerprint density at radius 1 is 1.06 bits per heavy atom. The molecule has 0 radical (unpaired) electrons. The molecule has 0 atom stereocenters. The fraction of sp³-hybridized carbons (Fsp3) is 0.0769. The number of nitrogen functional groups attached to an aromatic ring is 1. The number of halogens is 3. The Morgan fingerprint density at radius 3 is 2.61 bits per heavy atom. The van der Waals surface area contributed by atoms with Gasteiger partial charge in [-0.2, -0.15) is 4.39 Å². The van der Waals surface area contributed by atoms with Crippen LogP contribution in [0.2, 0.25) is 0 Å². The number of rotatable bonds is 3. The maximum absolute atomic E-state index is 13.3. The summed E-state index contributed by atoms with van der Waals surface area (Å²) in [4.78, 5) is 0. The predicted octanol–water partition coefficient (Wildman–Crippen LogP) is 3.27. The number of anilines is 1. The van der Waals surface area contributed by atoms with E-state index in [4.69, 9.17) is 10.5 Å². The average Bonchev–Trinajstić information content (AvgIpc) is 2.35. The maximum Gasteiger partial charge on any atom is 0.200 e. The van der Waals surface area contributed by atoms with Gasteiger partial charge in [0.1, 0.15) is 12.4 Å². The van der Waals surface area contributed by atoms with Crippen LogP contribution in [-0.4, -0.2) is 0 Å². The third-order valence-corrected chi connectivity index (χ3v) is 2.40. The summed E-state index contributed by atoms with van der Waals surface area (Å²) in [6, 6.07) is 7.37. The van der Waals surface area contributed by atoms with E-state index in [0.29, 0.717) is 11.3 Å². The average molecular weight is 253 g/mol. The fourth-order valence-electron chi connectivity index (χ4n) is 1.45. The van der Waals surface area contributed by atoms with E-state index in [-0.39, 0.29) is 12.4 Å². The second-order valence-electron chi connectivity index (χ2n) is 3.68. The van der Waals surface area contributed by atoms with Gasteiger partial charge in [-0.05, 0) is 30.3 Å². The molecule has 94 valence electrons. The number of hydrogen-bond donors (Lipinski definition) is 1. The van der Waals surface area contributed by atoms with Crippen molar-refractivity contribution in [2.45, 2.75) is 6.61 Å². The quantitative estimate of drug-likeness (QED) is 0.852. The first-order chi connectivity index (χ1) is 8.58. The molecule has 5 heteroatoms. The summed E-state index contributed by atoms with van der Waals surface area (Å²) in [6.45, 7) is -0.135. The molecule has 2 rings (SSSR count). The summed E-state index contributed by atoms with van der Waals surface area (Å²) >= 11 is 0. The molecule has 0 fully saturated rings. The molecule has 0 saturated carbocycles. The molecular weight excluding hydrogens is 243 g/mol. The zero-order valence-electron chi connectivity index (χ0n) is 9.29. The Morgan fingerprint density at radius 2 is 1.83 bits per heavy atom. The third-order valence-electron chi connectivity index (χ3n) is 2.40. The molecule has 0 aliphatic rings. The highest BCUT2D eigenvalue weighted by atomic mass is 19.2. The van der Waals surface area contributed by atoms with E-state index in [1.54, 1.807) is 0 Å². The van der Waals surface area contributed by atoms with E-state index in [9.17, 15) is 13.2 Å². The van der Waals surface area contributed by atoms with Crippen molar-refractivity contribution in [1.29, 1.82) is 0 Å². The zero-order chi connectivity index (χ0) is 13.1. The second-order valence-corrected chi connectivity index (χ2v) is 3.68. The lowest BCUT2D eigenvalue weighted by Crippen LogP contribution is -2.02. The van der Waals surface area contributed by atoms with Gasteiger partial charge in [0.2, 0.25) is 5.82 Å². The maximum atomic E-state index is 13.3. The third kappa shape index (κ3) is 2.56. The standard InChI is InChI=1S/C13H10F3NO/c14-9-4-5-11(17)8(6-9)7-18-12-3-1-2-10(15)13(12)16/h1-6H,7,17H2. The summed E-state index contributed by atoms with van der Waals surface area (Å²) in [5.41, 5.74) is 6.31. The molecular formula is C13H10F3NO. The number of benzene rings is 2. The molecule has 0 aromatic heterocycles. The summed E-state index contributed by atoms with van der Waals surface area (Å²) in [5, 5.41) is 0. The van der Waals surface area contributed by atoms with Crippen LogP contribution in [0.25, 0.3) is 0 Å². The van der Waals surface area contributed by atoms with Crippen LogP contribution in [0.4, 0.5) is 18.9 Å². The monoisotopic (exact) mass is 253 g/mol. The van der Waals surface area contributed by atoms with Crippen molar-refractivity contribution in [2.24, 2.45) is 0 Å². The van der Waals surface area contributed by atoms with Crippen LogP contribution in [0.5, 0.6) is 5.75 Å². The largest absolute Gasteiger partial charge is 0.486 e. The first kappa shape index (κ1) is 12.3. The lowest BCUT2D eigenvalue weighted by Gasteiger charge is -2.09. The van der Waals surface area contributed by atoms with Crippen LogP contribution in [0.3, 0.4) is 0 Å². The van der Waals surface area contributed by atoms with Crippen LogP contribution in [0, 0.1) is 17.5 Å². The summed E-state index contributed by atoms with van der Waals surface area (Å²) in [7, 11) is 0. The number of ether oxygens (including phenoxy) is 1. The molecule has 2 aromatic rings. The lowest BCUT2D eigenvalue weighted by atomic mass is 10.2. The van der Waals surface area contributed by atoms with Gasteiger partial charge < -0.3 is 10.5 Å². The van der Waals surface area contributed by atoms with Gasteiger partial charge >= 0.3 is 0 Å². The fourth-order valence-corrected chi connectivity index (χ4v) is 1.45. The van der Waals surface area contributed by atoms with Crippen molar-refractivity contribution in [1.82, 2.24) is 0 Å². The van der Waals surface area contributed by atoms with E-state index >= 15 is 0 Å². The van der Waals surface area contributed by atoms with Crippen molar-refractivity contribution in [3.05, 3.63) is 59.4 Å². The molecule has 18 heavy (non-hydrogen) atoms. The van der Waals surface area contributed by atoms with Crippen molar-refractivity contribution >= 4 is 5.69 Å². The van der Waals surface area contributed by atoms with Crippen molar-refractivity contribution in [3.8, 4) is 5.75 Å². The van der Waals surface area contributed by atoms with Crippen molar-refractivity contribution < 1.29 is 17.9 Å². The molecule has 0 unspecified atom stereocenters. The van der Waals surface area contributed by atoms with Crippen LogP contribution < -0.4 is 10.5 Å². The van der Waals surface area contributed by atoms with E-state index in [1.165, 1.54) is 30.3 Å². The molecule has 2 N–H and O–H groups in total. The minimum absolute atomic E-state index is 0.135. The van der Waals surface area contributed by atoms with E-state index in [1.807, 2.05) is 0 Å². The predicted molar refractivity (Wildman–Crippen MR) is 61.5 cm³/mol. The van der Waals surface area contributed by atoms with Crippen LogP contribution in [0.15, 0.2) is 36.4 Å². The summed E-state index contributed by atoms with van der Waals surface area (Å²) in [6.07, 6.45) is 0. The molecule has 2 aromatic carbocycles. The molecule has 0 saturated heterocycles. The molecule has 0 aliphatic carbocycles. The zero-order valence-corrected chi connectivity index (χ0v) is 9.29. The van der Waals surface area contributed by atoms with Crippen molar-refractivity contribution in [3.63, 3.8) is 0 Å². The Bertz CT molecular complexity index is 570. The van der Waals surface area contributed by atoms with Crippen LogP contribution >= 0.6 is 0 Å². The minimum Gasteiger partial charge on any atom is -0.486 e. The molecule has 0 amide bonds. The van der Waals surface area contributed by atoms with Gasteiger partial charge in [0.05, 0.1) is 0 Å². The Kier molecular flexibility index (Phi) is 3.41. The Hall–Kier alpha value is -2.17. The Balaban J connectivity index is 2.16. The van der Waals surface area contributed by atoms with Crippen molar-refractivity contribution in [2.75, 3.05) is 5.73 Å². The summed E-state index contributed by atoms with van der Waals surface area (Å²) in [5.74, 6) is -2.78. The lowest BCUT2D eigenvalue weighted by molar-refractivity contribution is 0.284. The normalized spacial score (nSPS) is 10.4. The Labute approximate surface area is 102 Å². The molecule has 0 heterocycles. The molecule has 0 spiro atoms. The van der Waals surface area contributed by atoms with Gasteiger partial charge in [-0.25, -0.2) is 8.78 Å². The minimum atomic E-state index is -1.08. The highest BCUT2D eigenvalue weighted by Crippen LogP contribution is 2.22. The molecule has 0 aliphatic heterocycles. The second kappa shape index (κ2) is 5.00. The van der Waals surface area contributed by atoms with Gasteiger partial charge in [-0.3, -0.25) is 0 Å². The van der Waals surface area contributed by atoms with E-state index in [2.05, 4.69) is 0 Å². The van der Waals surface area contributed by atoms with Gasteiger partial charge in [-0.15, -0.1) is 0 Å². The first-order valence-electron chi connectivity index (χ1n) is 5.18. The van der Waals surface area contributed by atoms with E-state index in [0.717, 1.165) is 6.07 Å². The highest BCUT2D eigenvalue weighted by Gasteiger charge is 2.09. The molecule has 0 bridgehead atoms. The topological polar surface area (TPSA) is 35.2 Å². The summed E-state index contributed by atoms with van der Waals surface area (Å²) < 4.78 is 44.2. The van der Waals surface area contributed by atoms with Gasteiger partial charge in [0, 0.05) is 11.3 Å². The number of hydrogen-bond acceptors (Lipinski definition) is 2. The first-order valence-corrected chi connectivity index (χ1v) is 5.18.